The van der Waals surface area contributed by atoms with E-state index < -0.39 is 4.74 Å². The standard InChI is InChI=1S/C21H22BrCl2FO4/c1-14(2)29-16-6-4-15(5-7-16)26-9-3-10-28-21-18(23)12-17(13-19(21)24)27-11-8-20(22)25/h4-8,12-14H,3,9-11H2,1-2H3. The summed E-state index contributed by atoms with van der Waals surface area (Å²) in [6.45, 7) is 4.86. The molecule has 0 fully saturated rings. The normalized spacial score (nSPS) is 11.5. The maximum absolute atomic E-state index is 12.6. The molecule has 2 aromatic rings. The van der Waals surface area contributed by atoms with Gasteiger partial charge < -0.3 is 18.9 Å². The summed E-state index contributed by atoms with van der Waals surface area (Å²) in [5.41, 5.74) is 0. The first-order valence-corrected chi connectivity index (χ1v) is 10.6. The minimum Gasteiger partial charge on any atom is -0.493 e. The average molecular weight is 508 g/mol. The van der Waals surface area contributed by atoms with Gasteiger partial charge in [0.25, 0.3) is 0 Å². The molecule has 0 amide bonds. The Bertz CT molecular complexity index is 786. The third-order valence-corrected chi connectivity index (χ3v) is 4.34. The van der Waals surface area contributed by atoms with Crippen LogP contribution in [-0.2, 0) is 0 Å². The molecule has 0 heterocycles. The molecule has 0 unspecified atom stereocenters. The van der Waals surface area contributed by atoms with Crippen LogP contribution in [0.1, 0.15) is 20.3 Å². The van der Waals surface area contributed by atoms with E-state index in [0.717, 1.165) is 11.5 Å². The van der Waals surface area contributed by atoms with Crippen LogP contribution in [0.3, 0.4) is 0 Å². The van der Waals surface area contributed by atoms with E-state index in [2.05, 4.69) is 15.9 Å². The van der Waals surface area contributed by atoms with E-state index in [9.17, 15) is 4.39 Å². The van der Waals surface area contributed by atoms with Crippen LogP contribution in [0.2, 0.25) is 10.0 Å². The summed E-state index contributed by atoms with van der Waals surface area (Å²) in [4.78, 5) is 0. The van der Waals surface area contributed by atoms with Gasteiger partial charge in [-0.3, -0.25) is 0 Å². The number of halogens is 4. The van der Waals surface area contributed by atoms with Crippen molar-refractivity contribution in [1.82, 2.24) is 0 Å². The lowest BCUT2D eigenvalue weighted by Gasteiger charge is -2.13. The lowest BCUT2D eigenvalue weighted by molar-refractivity contribution is 0.239. The lowest BCUT2D eigenvalue weighted by Crippen LogP contribution is -2.06. The first-order valence-electron chi connectivity index (χ1n) is 9.00. The topological polar surface area (TPSA) is 36.9 Å². The summed E-state index contributed by atoms with van der Waals surface area (Å²) in [5.74, 6) is 2.36. The van der Waals surface area contributed by atoms with Crippen LogP contribution in [-0.4, -0.2) is 25.9 Å². The van der Waals surface area contributed by atoms with Crippen LogP contribution in [0, 0.1) is 0 Å². The van der Waals surface area contributed by atoms with Gasteiger partial charge in [-0.05, 0) is 60.1 Å². The van der Waals surface area contributed by atoms with Gasteiger partial charge in [-0.1, -0.05) is 23.2 Å². The second kappa shape index (κ2) is 12.2. The molecule has 0 aromatic heterocycles. The van der Waals surface area contributed by atoms with Crippen LogP contribution in [0.5, 0.6) is 23.0 Å². The number of ether oxygens (including phenoxy) is 4. The van der Waals surface area contributed by atoms with Crippen molar-refractivity contribution in [2.24, 2.45) is 0 Å². The molecule has 2 aromatic carbocycles. The molecule has 0 N–H and O–H groups in total. The largest absolute Gasteiger partial charge is 0.493 e. The Labute approximate surface area is 188 Å². The molecular weight excluding hydrogens is 486 g/mol. The molecule has 0 saturated heterocycles. The zero-order chi connectivity index (χ0) is 21.2. The molecule has 0 aliphatic carbocycles. The highest BCUT2D eigenvalue weighted by atomic mass is 79.9. The molecule has 8 heteroatoms. The van der Waals surface area contributed by atoms with Crippen molar-refractivity contribution in [3.63, 3.8) is 0 Å². The van der Waals surface area contributed by atoms with E-state index in [1.54, 1.807) is 12.1 Å². The highest BCUT2D eigenvalue weighted by molar-refractivity contribution is 9.11. The Morgan fingerprint density at radius 2 is 1.55 bits per heavy atom. The summed E-state index contributed by atoms with van der Waals surface area (Å²) in [7, 11) is 0. The molecule has 29 heavy (non-hydrogen) atoms. The lowest BCUT2D eigenvalue weighted by atomic mass is 10.3. The van der Waals surface area contributed by atoms with Gasteiger partial charge in [0.15, 0.2) is 10.5 Å². The minimum atomic E-state index is -0.503. The Balaban J connectivity index is 1.76. The van der Waals surface area contributed by atoms with E-state index >= 15 is 0 Å². The predicted octanol–water partition coefficient (Wildman–Crippen LogP) is 7.21. The smallest absolute Gasteiger partial charge is 0.165 e. The van der Waals surface area contributed by atoms with Gasteiger partial charge in [0, 0.05) is 18.6 Å². The fourth-order valence-electron chi connectivity index (χ4n) is 2.27. The van der Waals surface area contributed by atoms with Crippen LogP contribution in [0.4, 0.5) is 4.39 Å². The molecule has 0 atom stereocenters. The van der Waals surface area contributed by atoms with Gasteiger partial charge in [0.2, 0.25) is 0 Å². The second-order valence-electron chi connectivity index (χ2n) is 6.21. The number of hydrogen-bond donors (Lipinski definition) is 0. The Kier molecular flexibility index (Phi) is 9.91. The van der Waals surface area contributed by atoms with Crippen molar-refractivity contribution >= 4 is 39.1 Å². The molecule has 0 bridgehead atoms. The SMILES string of the molecule is CC(C)Oc1ccc(OCCCOc2c(Cl)cc(OCC=C(F)Br)cc2Cl)cc1. The third-order valence-electron chi connectivity index (χ3n) is 3.46. The molecule has 158 valence electrons. The molecule has 0 aliphatic rings. The van der Waals surface area contributed by atoms with Gasteiger partial charge >= 0.3 is 0 Å². The molecule has 0 saturated carbocycles. The Morgan fingerprint density at radius 3 is 2.14 bits per heavy atom. The van der Waals surface area contributed by atoms with E-state index in [-0.39, 0.29) is 12.7 Å². The van der Waals surface area contributed by atoms with Crippen LogP contribution in [0.25, 0.3) is 0 Å². The van der Waals surface area contributed by atoms with E-state index in [4.69, 9.17) is 42.1 Å². The number of benzene rings is 2. The monoisotopic (exact) mass is 506 g/mol. The van der Waals surface area contributed by atoms with Gasteiger partial charge in [-0.25, -0.2) is 0 Å². The van der Waals surface area contributed by atoms with Crippen molar-refractivity contribution < 1.29 is 23.3 Å². The molecule has 0 aliphatic heterocycles. The Morgan fingerprint density at radius 1 is 0.966 bits per heavy atom. The summed E-state index contributed by atoms with van der Waals surface area (Å²) in [5, 5.41) is 0.634. The molecule has 2 rings (SSSR count). The van der Waals surface area contributed by atoms with Crippen LogP contribution >= 0.6 is 39.1 Å². The highest BCUT2D eigenvalue weighted by Crippen LogP contribution is 2.37. The average Bonchev–Trinajstić information content (AvgIpc) is 2.64. The van der Waals surface area contributed by atoms with Crippen molar-refractivity contribution in [3.8, 4) is 23.0 Å². The third kappa shape index (κ3) is 8.72. The van der Waals surface area contributed by atoms with Crippen molar-refractivity contribution in [2.75, 3.05) is 19.8 Å². The fourth-order valence-corrected chi connectivity index (χ4v) is 2.98. The van der Waals surface area contributed by atoms with Crippen LogP contribution < -0.4 is 18.9 Å². The maximum Gasteiger partial charge on any atom is 0.165 e. The van der Waals surface area contributed by atoms with Crippen molar-refractivity contribution in [1.29, 1.82) is 0 Å². The number of hydrogen-bond acceptors (Lipinski definition) is 4. The van der Waals surface area contributed by atoms with Gasteiger partial charge in [0.05, 0.1) is 29.4 Å². The highest BCUT2D eigenvalue weighted by Gasteiger charge is 2.11. The van der Waals surface area contributed by atoms with Gasteiger partial charge in [-0.2, -0.15) is 4.39 Å². The number of rotatable bonds is 11. The summed E-state index contributed by atoms with van der Waals surface area (Å²) in [6.07, 6.45) is 2.01. The molecule has 0 radical (unpaired) electrons. The summed E-state index contributed by atoms with van der Waals surface area (Å²) >= 11 is 15.1. The zero-order valence-corrected chi connectivity index (χ0v) is 19.2. The fraction of sp³-hybridized carbons (Fsp3) is 0.333. The van der Waals surface area contributed by atoms with E-state index in [1.165, 1.54) is 6.08 Å². The Hall–Kier alpha value is -1.63. The zero-order valence-electron chi connectivity index (χ0n) is 16.1. The van der Waals surface area contributed by atoms with Crippen molar-refractivity contribution in [3.05, 3.63) is 57.3 Å². The first-order chi connectivity index (χ1) is 13.8. The summed E-state index contributed by atoms with van der Waals surface area (Å²) < 4.78 is 34.4. The van der Waals surface area contributed by atoms with Crippen LogP contribution in [0.15, 0.2) is 47.2 Å². The maximum atomic E-state index is 12.6. The predicted molar refractivity (Wildman–Crippen MR) is 118 cm³/mol. The second-order valence-corrected chi connectivity index (χ2v) is 7.78. The van der Waals surface area contributed by atoms with Gasteiger partial charge in [-0.15, -0.1) is 0 Å². The molecule has 4 nitrogen and oxygen atoms in total. The molecule has 0 spiro atoms. The first kappa shape index (κ1) is 23.6. The van der Waals surface area contributed by atoms with E-state index in [1.807, 2.05) is 38.1 Å². The summed E-state index contributed by atoms with van der Waals surface area (Å²) in [6, 6.07) is 10.6. The van der Waals surface area contributed by atoms with Gasteiger partial charge in [0.1, 0.15) is 23.9 Å². The van der Waals surface area contributed by atoms with Crippen molar-refractivity contribution in [2.45, 2.75) is 26.4 Å². The van der Waals surface area contributed by atoms with E-state index in [0.29, 0.717) is 41.2 Å². The molecular formula is C21H22BrCl2FO4. The minimum absolute atomic E-state index is 0.0475. The quantitative estimate of drug-likeness (QED) is 0.301.